The highest BCUT2D eigenvalue weighted by Crippen LogP contribution is 2.12. The first-order chi connectivity index (χ1) is 5.07. The molecule has 11 heavy (non-hydrogen) atoms. The molecule has 0 aromatic heterocycles. The summed E-state index contributed by atoms with van der Waals surface area (Å²) in [6, 6.07) is 0. The van der Waals surface area contributed by atoms with Gasteiger partial charge in [0.05, 0.1) is 0 Å². The van der Waals surface area contributed by atoms with Crippen molar-refractivity contribution in [2.75, 3.05) is 6.54 Å². The van der Waals surface area contributed by atoms with Gasteiger partial charge in [-0.05, 0) is 25.3 Å². The molecule has 0 aliphatic rings. The largest absolute Gasteiger partial charge is 0.264 e. The fourth-order valence-corrected chi connectivity index (χ4v) is 0.742. The minimum atomic E-state index is -0.314. The van der Waals surface area contributed by atoms with Crippen molar-refractivity contribution in [3.63, 3.8) is 0 Å². The van der Waals surface area contributed by atoms with Crippen LogP contribution in [0.25, 0.3) is 0 Å². The van der Waals surface area contributed by atoms with Gasteiger partial charge >= 0.3 is 0 Å². The van der Waals surface area contributed by atoms with Gasteiger partial charge in [-0.3, -0.25) is 10.1 Å². The van der Waals surface area contributed by atoms with Crippen molar-refractivity contribution < 1.29 is 4.92 Å². The average Bonchev–Trinajstić information content (AvgIpc) is 1.98. The maximum absolute atomic E-state index is 9.98. The third-order valence-electron chi connectivity index (χ3n) is 1.95. The first kappa shape index (κ1) is 10.1. The van der Waals surface area contributed by atoms with Gasteiger partial charge in [0.1, 0.15) is 0 Å². The third-order valence-corrected chi connectivity index (χ3v) is 1.95. The average molecular weight is 157 g/mol. The normalized spacial score (nSPS) is 14.6. The van der Waals surface area contributed by atoms with Gasteiger partial charge in [-0.2, -0.15) is 0 Å². The van der Waals surface area contributed by atoms with Gasteiger partial charge in [-0.25, -0.2) is 0 Å². The van der Waals surface area contributed by atoms with Crippen molar-refractivity contribution in [3.8, 4) is 0 Å². The Morgan fingerprint density at radius 3 is 2.64 bits per heavy atom. The molecule has 0 heterocycles. The van der Waals surface area contributed by atoms with Crippen LogP contribution in [-0.2, 0) is 0 Å². The van der Waals surface area contributed by atoms with E-state index in [0.29, 0.717) is 5.92 Å². The summed E-state index contributed by atoms with van der Waals surface area (Å²) in [7, 11) is 0. The fraction of sp³-hybridized carbons (Fsp3) is 0.750. The summed E-state index contributed by atoms with van der Waals surface area (Å²) in [5.74, 6) is 0.468. The molecule has 0 aromatic rings. The lowest BCUT2D eigenvalue weighted by Crippen LogP contribution is -2.00. The number of nitro groups is 1. The van der Waals surface area contributed by atoms with Crippen LogP contribution < -0.4 is 0 Å². The standard InChI is InChI=1S/C8H15NO2/c1-4-7(2)8(3)5-6-9(10)11/h5,7H,4,6H2,1-3H3. The Bertz CT molecular complexity index is 163. The van der Waals surface area contributed by atoms with Crippen LogP contribution in [0.3, 0.4) is 0 Å². The smallest absolute Gasteiger partial charge is 0.222 e. The molecule has 0 amide bonds. The quantitative estimate of drug-likeness (QED) is 0.357. The Balaban J connectivity index is 3.89. The van der Waals surface area contributed by atoms with Gasteiger partial charge in [0, 0.05) is 4.92 Å². The lowest BCUT2D eigenvalue weighted by Gasteiger charge is -2.06. The Labute approximate surface area is 67.3 Å². The van der Waals surface area contributed by atoms with Crippen molar-refractivity contribution in [1.82, 2.24) is 0 Å². The van der Waals surface area contributed by atoms with E-state index in [0.717, 1.165) is 12.0 Å². The van der Waals surface area contributed by atoms with Crippen molar-refractivity contribution in [1.29, 1.82) is 0 Å². The molecule has 0 aliphatic heterocycles. The number of hydrogen-bond donors (Lipinski definition) is 0. The van der Waals surface area contributed by atoms with E-state index >= 15 is 0 Å². The molecule has 64 valence electrons. The van der Waals surface area contributed by atoms with Gasteiger partial charge in [-0.15, -0.1) is 0 Å². The van der Waals surface area contributed by atoms with Gasteiger partial charge in [-0.1, -0.05) is 19.4 Å². The van der Waals surface area contributed by atoms with Gasteiger partial charge in [0.15, 0.2) is 0 Å². The van der Waals surface area contributed by atoms with Crippen LogP contribution in [-0.4, -0.2) is 11.5 Å². The second-order valence-corrected chi connectivity index (χ2v) is 2.77. The van der Waals surface area contributed by atoms with Crippen LogP contribution in [0.15, 0.2) is 11.6 Å². The summed E-state index contributed by atoms with van der Waals surface area (Å²) in [5.41, 5.74) is 1.12. The van der Waals surface area contributed by atoms with E-state index in [4.69, 9.17) is 0 Å². The van der Waals surface area contributed by atoms with Crippen LogP contribution in [0.4, 0.5) is 0 Å². The van der Waals surface area contributed by atoms with E-state index in [-0.39, 0.29) is 11.5 Å². The lowest BCUT2D eigenvalue weighted by molar-refractivity contribution is -0.468. The van der Waals surface area contributed by atoms with Crippen LogP contribution >= 0.6 is 0 Å². The molecule has 0 saturated carbocycles. The molecular formula is C8H15NO2. The Hall–Kier alpha value is -0.860. The van der Waals surface area contributed by atoms with E-state index in [9.17, 15) is 10.1 Å². The van der Waals surface area contributed by atoms with Gasteiger partial charge in [0.2, 0.25) is 6.54 Å². The molecular weight excluding hydrogens is 142 g/mol. The topological polar surface area (TPSA) is 43.1 Å². The molecule has 3 heteroatoms. The van der Waals surface area contributed by atoms with Crippen LogP contribution in [0.1, 0.15) is 27.2 Å². The predicted octanol–water partition coefficient (Wildman–Crippen LogP) is 2.26. The monoisotopic (exact) mass is 157 g/mol. The summed E-state index contributed by atoms with van der Waals surface area (Å²) in [6.07, 6.45) is 2.73. The molecule has 0 fully saturated rings. The van der Waals surface area contributed by atoms with E-state index in [1.165, 1.54) is 0 Å². The van der Waals surface area contributed by atoms with Crippen molar-refractivity contribution >= 4 is 0 Å². The van der Waals surface area contributed by atoms with Crippen molar-refractivity contribution in [2.24, 2.45) is 5.92 Å². The number of nitrogens with zero attached hydrogens (tertiary/aromatic N) is 1. The molecule has 0 aromatic carbocycles. The molecule has 0 radical (unpaired) electrons. The van der Waals surface area contributed by atoms with E-state index < -0.39 is 0 Å². The molecule has 3 nitrogen and oxygen atoms in total. The van der Waals surface area contributed by atoms with E-state index in [1.807, 2.05) is 6.92 Å². The molecule has 1 atom stereocenters. The predicted molar refractivity (Wildman–Crippen MR) is 45.1 cm³/mol. The Kier molecular flexibility index (Phi) is 4.50. The minimum Gasteiger partial charge on any atom is -0.264 e. The highest BCUT2D eigenvalue weighted by Gasteiger charge is 2.01. The second kappa shape index (κ2) is 4.88. The zero-order chi connectivity index (χ0) is 8.85. The first-order valence-electron chi connectivity index (χ1n) is 3.86. The van der Waals surface area contributed by atoms with Crippen LogP contribution in [0.5, 0.6) is 0 Å². The Morgan fingerprint density at radius 1 is 1.73 bits per heavy atom. The number of hydrogen-bond acceptors (Lipinski definition) is 2. The van der Waals surface area contributed by atoms with Gasteiger partial charge in [0.25, 0.3) is 0 Å². The molecule has 0 bridgehead atoms. The zero-order valence-electron chi connectivity index (χ0n) is 7.33. The molecule has 0 rings (SSSR count). The van der Waals surface area contributed by atoms with Gasteiger partial charge < -0.3 is 0 Å². The van der Waals surface area contributed by atoms with Crippen molar-refractivity contribution in [3.05, 3.63) is 21.8 Å². The summed E-state index contributed by atoms with van der Waals surface area (Å²) in [5, 5.41) is 9.98. The highest BCUT2D eigenvalue weighted by atomic mass is 16.6. The number of allylic oxidation sites excluding steroid dienone is 1. The molecule has 0 spiro atoms. The highest BCUT2D eigenvalue weighted by molar-refractivity contribution is 5.01. The lowest BCUT2D eigenvalue weighted by atomic mass is 10.00. The summed E-state index contributed by atoms with van der Waals surface area (Å²) < 4.78 is 0. The third kappa shape index (κ3) is 4.53. The van der Waals surface area contributed by atoms with Crippen LogP contribution in [0, 0.1) is 16.0 Å². The van der Waals surface area contributed by atoms with E-state index in [1.54, 1.807) is 6.08 Å². The molecule has 0 saturated heterocycles. The summed E-state index contributed by atoms with van der Waals surface area (Å²) >= 11 is 0. The fourth-order valence-electron chi connectivity index (χ4n) is 0.742. The summed E-state index contributed by atoms with van der Waals surface area (Å²) in [4.78, 5) is 9.66. The first-order valence-corrected chi connectivity index (χ1v) is 3.86. The Morgan fingerprint density at radius 2 is 2.27 bits per heavy atom. The summed E-state index contributed by atoms with van der Waals surface area (Å²) in [6.45, 7) is 6.05. The molecule has 1 unspecified atom stereocenters. The van der Waals surface area contributed by atoms with Crippen molar-refractivity contribution in [2.45, 2.75) is 27.2 Å². The van der Waals surface area contributed by atoms with Crippen LogP contribution in [0.2, 0.25) is 0 Å². The SMILES string of the molecule is CCC(C)C(C)=CC[N+](=O)[O-]. The minimum absolute atomic E-state index is 0.0455. The maximum Gasteiger partial charge on any atom is 0.222 e. The van der Waals surface area contributed by atoms with E-state index in [2.05, 4.69) is 13.8 Å². The maximum atomic E-state index is 9.98. The zero-order valence-corrected chi connectivity index (χ0v) is 7.33. The number of rotatable bonds is 4. The second-order valence-electron chi connectivity index (χ2n) is 2.77. The molecule has 0 aliphatic carbocycles. The molecule has 0 N–H and O–H groups in total.